The smallest absolute Gasteiger partial charge is 0.410 e. The second-order valence-corrected chi connectivity index (χ2v) is 6.56. The van der Waals surface area contributed by atoms with Crippen LogP contribution in [0.3, 0.4) is 0 Å². The summed E-state index contributed by atoms with van der Waals surface area (Å²) in [6.07, 6.45) is 0.538. The highest BCUT2D eigenvalue weighted by Gasteiger charge is 2.38. The fourth-order valence-electron chi connectivity index (χ4n) is 2.12. The van der Waals surface area contributed by atoms with Gasteiger partial charge in [0, 0.05) is 13.7 Å². The molecule has 0 saturated carbocycles. The Kier molecular flexibility index (Phi) is 6.90. The SMILES string of the molecule is COCCOCCOC1(C)CCN(C(=O)OC(C)(C)C)C1. The van der Waals surface area contributed by atoms with Gasteiger partial charge in [-0.25, -0.2) is 4.79 Å². The average molecular weight is 303 g/mol. The van der Waals surface area contributed by atoms with E-state index in [0.29, 0.717) is 39.5 Å². The van der Waals surface area contributed by atoms with Crippen molar-refractivity contribution in [3.63, 3.8) is 0 Å². The number of rotatable bonds is 7. The summed E-state index contributed by atoms with van der Waals surface area (Å²) in [6, 6.07) is 0. The fourth-order valence-corrected chi connectivity index (χ4v) is 2.12. The van der Waals surface area contributed by atoms with Crippen LogP contribution in [0, 0.1) is 0 Å². The van der Waals surface area contributed by atoms with Crippen LogP contribution in [0.15, 0.2) is 0 Å². The summed E-state index contributed by atoms with van der Waals surface area (Å²) in [5.74, 6) is 0. The Bertz CT molecular complexity index is 329. The third-order valence-electron chi connectivity index (χ3n) is 3.20. The molecule has 0 bridgehead atoms. The summed E-state index contributed by atoms with van der Waals surface area (Å²) >= 11 is 0. The number of ether oxygens (including phenoxy) is 4. The van der Waals surface area contributed by atoms with Gasteiger partial charge in [-0.05, 0) is 34.1 Å². The first-order chi connectivity index (χ1) is 9.76. The molecule has 1 amide bonds. The molecule has 0 aromatic rings. The van der Waals surface area contributed by atoms with Crippen molar-refractivity contribution >= 4 is 6.09 Å². The van der Waals surface area contributed by atoms with Gasteiger partial charge in [-0.3, -0.25) is 0 Å². The Balaban J connectivity index is 2.26. The van der Waals surface area contributed by atoms with Crippen molar-refractivity contribution in [1.82, 2.24) is 4.90 Å². The predicted octanol–water partition coefficient (Wildman–Crippen LogP) is 2.07. The zero-order chi connectivity index (χ0) is 15.9. The van der Waals surface area contributed by atoms with E-state index in [4.69, 9.17) is 18.9 Å². The number of nitrogens with zero attached hydrogens (tertiary/aromatic N) is 1. The molecular formula is C15H29NO5. The number of hydrogen-bond donors (Lipinski definition) is 0. The number of amides is 1. The molecule has 1 unspecified atom stereocenters. The van der Waals surface area contributed by atoms with Crippen molar-refractivity contribution in [2.24, 2.45) is 0 Å². The van der Waals surface area contributed by atoms with Gasteiger partial charge >= 0.3 is 6.09 Å². The third kappa shape index (κ3) is 7.11. The maximum Gasteiger partial charge on any atom is 0.410 e. The van der Waals surface area contributed by atoms with E-state index in [-0.39, 0.29) is 11.7 Å². The van der Waals surface area contributed by atoms with Crippen LogP contribution < -0.4 is 0 Å². The van der Waals surface area contributed by atoms with E-state index in [2.05, 4.69) is 0 Å². The molecule has 1 fully saturated rings. The normalized spacial score (nSPS) is 22.6. The molecule has 0 N–H and O–H groups in total. The second kappa shape index (κ2) is 7.96. The lowest BCUT2D eigenvalue weighted by Crippen LogP contribution is -2.39. The van der Waals surface area contributed by atoms with Crippen molar-refractivity contribution < 1.29 is 23.7 Å². The lowest BCUT2D eigenvalue weighted by Gasteiger charge is -2.27. The van der Waals surface area contributed by atoms with Gasteiger partial charge in [-0.2, -0.15) is 0 Å². The van der Waals surface area contributed by atoms with Crippen LogP contribution in [-0.2, 0) is 18.9 Å². The minimum absolute atomic E-state index is 0.272. The van der Waals surface area contributed by atoms with E-state index in [0.717, 1.165) is 6.42 Å². The molecule has 1 saturated heterocycles. The number of methoxy groups -OCH3 is 1. The van der Waals surface area contributed by atoms with E-state index in [1.54, 1.807) is 12.0 Å². The van der Waals surface area contributed by atoms with Crippen LogP contribution in [-0.4, -0.2) is 68.8 Å². The zero-order valence-electron chi connectivity index (χ0n) is 13.9. The first-order valence-corrected chi connectivity index (χ1v) is 7.44. The van der Waals surface area contributed by atoms with E-state index in [1.807, 2.05) is 27.7 Å². The zero-order valence-corrected chi connectivity index (χ0v) is 13.9. The van der Waals surface area contributed by atoms with Crippen LogP contribution in [0.1, 0.15) is 34.1 Å². The predicted molar refractivity (Wildman–Crippen MR) is 79.5 cm³/mol. The maximum atomic E-state index is 12.0. The summed E-state index contributed by atoms with van der Waals surface area (Å²) in [4.78, 5) is 13.7. The highest BCUT2D eigenvalue weighted by Crippen LogP contribution is 2.26. The van der Waals surface area contributed by atoms with Crippen molar-refractivity contribution in [3.05, 3.63) is 0 Å². The van der Waals surface area contributed by atoms with Crippen LogP contribution in [0.4, 0.5) is 4.79 Å². The summed E-state index contributed by atoms with van der Waals surface area (Å²) in [6.45, 7) is 11.1. The molecule has 0 radical (unpaired) electrons. The molecule has 1 heterocycles. The third-order valence-corrected chi connectivity index (χ3v) is 3.20. The molecule has 124 valence electrons. The lowest BCUT2D eigenvalue weighted by atomic mass is 10.1. The van der Waals surface area contributed by atoms with Crippen molar-refractivity contribution in [2.45, 2.75) is 45.3 Å². The first-order valence-electron chi connectivity index (χ1n) is 7.44. The first kappa shape index (κ1) is 18.2. The molecule has 0 aromatic carbocycles. The Labute approximate surface area is 127 Å². The molecule has 1 atom stereocenters. The molecule has 1 aliphatic rings. The topological polar surface area (TPSA) is 57.2 Å². The Morgan fingerprint density at radius 1 is 1.19 bits per heavy atom. The van der Waals surface area contributed by atoms with Gasteiger partial charge in [-0.15, -0.1) is 0 Å². The minimum atomic E-state index is -0.466. The molecule has 0 spiro atoms. The number of carbonyl (C=O) groups excluding carboxylic acids is 1. The molecule has 0 aromatic heterocycles. The molecule has 0 aliphatic carbocycles. The van der Waals surface area contributed by atoms with E-state index < -0.39 is 5.60 Å². The Morgan fingerprint density at radius 2 is 1.86 bits per heavy atom. The molecular weight excluding hydrogens is 274 g/mol. The van der Waals surface area contributed by atoms with E-state index >= 15 is 0 Å². The standard InChI is InChI=1S/C15H29NO5/c1-14(2,3)21-13(17)16-7-6-15(4,12-16)20-11-10-19-9-8-18-5/h6-12H2,1-5H3. The van der Waals surface area contributed by atoms with Crippen molar-refractivity contribution in [1.29, 1.82) is 0 Å². The number of hydrogen-bond acceptors (Lipinski definition) is 5. The molecule has 1 aliphatic heterocycles. The van der Waals surface area contributed by atoms with Gasteiger partial charge < -0.3 is 23.8 Å². The highest BCUT2D eigenvalue weighted by atomic mass is 16.6. The summed E-state index contributed by atoms with van der Waals surface area (Å²) in [7, 11) is 1.64. The summed E-state index contributed by atoms with van der Waals surface area (Å²) in [5, 5.41) is 0. The number of likely N-dealkylation sites (tertiary alicyclic amines) is 1. The molecule has 21 heavy (non-hydrogen) atoms. The quantitative estimate of drug-likeness (QED) is 0.674. The average Bonchev–Trinajstić information content (AvgIpc) is 2.75. The minimum Gasteiger partial charge on any atom is -0.444 e. The van der Waals surface area contributed by atoms with Gasteiger partial charge in [0.2, 0.25) is 0 Å². The summed E-state index contributed by atoms with van der Waals surface area (Å²) < 4.78 is 21.5. The van der Waals surface area contributed by atoms with Crippen molar-refractivity contribution in [2.75, 3.05) is 46.6 Å². The monoisotopic (exact) mass is 303 g/mol. The van der Waals surface area contributed by atoms with Crippen LogP contribution in [0.25, 0.3) is 0 Å². The van der Waals surface area contributed by atoms with E-state index in [1.165, 1.54) is 0 Å². The van der Waals surface area contributed by atoms with Gasteiger partial charge in [0.05, 0.1) is 38.6 Å². The van der Waals surface area contributed by atoms with Crippen LogP contribution in [0.2, 0.25) is 0 Å². The summed E-state index contributed by atoms with van der Waals surface area (Å²) in [5.41, 5.74) is -0.784. The largest absolute Gasteiger partial charge is 0.444 e. The Morgan fingerprint density at radius 3 is 2.48 bits per heavy atom. The van der Waals surface area contributed by atoms with Crippen molar-refractivity contribution in [3.8, 4) is 0 Å². The fraction of sp³-hybridized carbons (Fsp3) is 0.933. The number of carbonyl (C=O) groups is 1. The lowest BCUT2D eigenvalue weighted by molar-refractivity contribution is -0.0550. The maximum absolute atomic E-state index is 12.0. The molecule has 1 rings (SSSR count). The van der Waals surface area contributed by atoms with Crippen LogP contribution >= 0.6 is 0 Å². The Hall–Kier alpha value is -0.850. The van der Waals surface area contributed by atoms with Crippen LogP contribution in [0.5, 0.6) is 0 Å². The van der Waals surface area contributed by atoms with Gasteiger partial charge in [0.25, 0.3) is 0 Å². The molecule has 6 nitrogen and oxygen atoms in total. The van der Waals surface area contributed by atoms with E-state index in [9.17, 15) is 4.79 Å². The van der Waals surface area contributed by atoms with Gasteiger partial charge in [0.1, 0.15) is 5.60 Å². The highest BCUT2D eigenvalue weighted by molar-refractivity contribution is 5.68. The molecule has 6 heteroatoms. The van der Waals surface area contributed by atoms with Gasteiger partial charge in [-0.1, -0.05) is 0 Å². The van der Waals surface area contributed by atoms with Gasteiger partial charge in [0.15, 0.2) is 0 Å². The second-order valence-electron chi connectivity index (χ2n) is 6.56.